The molecule has 0 spiro atoms. The van der Waals surface area contributed by atoms with E-state index in [1.165, 1.54) is 0 Å². The Labute approximate surface area is 223 Å². The van der Waals surface area contributed by atoms with Crippen molar-refractivity contribution >= 4 is 17.5 Å². The maximum Gasteiger partial charge on any atom is 0.344 e. The van der Waals surface area contributed by atoms with Gasteiger partial charge in [0.25, 0.3) is 0 Å². The maximum atomic E-state index is 13.4. The Morgan fingerprint density at radius 1 is 0.816 bits per heavy atom. The third-order valence-electron chi connectivity index (χ3n) is 7.39. The molecule has 0 saturated carbocycles. The fourth-order valence-electron chi connectivity index (χ4n) is 5.69. The van der Waals surface area contributed by atoms with E-state index in [-0.39, 0.29) is 35.6 Å². The van der Waals surface area contributed by atoms with Crippen molar-refractivity contribution in [3.8, 4) is 5.75 Å². The predicted molar refractivity (Wildman–Crippen MR) is 142 cm³/mol. The first kappa shape index (κ1) is 26.0. The van der Waals surface area contributed by atoms with E-state index < -0.39 is 11.9 Å². The number of hydrogen-bond donors (Lipinski definition) is 0. The van der Waals surface area contributed by atoms with Gasteiger partial charge in [0.15, 0.2) is 18.2 Å². The maximum absolute atomic E-state index is 13.4. The molecule has 0 aromatic heterocycles. The van der Waals surface area contributed by atoms with Crippen LogP contribution in [0.5, 0.6) is 5.75 Å². The van der Waals surface area contributed by atoms with Gasteiger partial charge in [0.1, 0.15) is 23.9 Å². The first-order valence-electron chi connectivity index (χ1n) is 13.1. The molecule has 0 radical (unpaired) electrons. The molecule has 38 heavy (non-hydrogen) atoms. The second-order valence-corrected chi connectivity index (χ2v) is 12.1. The highest BCUT2D eigenvalue weighted by Crippen LogP contribution is 2.53. The van der Waals surface area contributed by atoms with Crippen molar-refractivity contribution < 1.29 is 28.6 Å². The van der Waals surface area contributed by atoms with E-state index in [0.29, 0.717) is 54.1 Å². The zero-order chi connectivity index (χ0) is 27.1. The van der Waals surface area contributed by atoms with Crippen molar-refractivity contribution in [2.24, 2.45) is 10.8 Å². The van der Waals surface area contributed by atoms with Gasteiger partial charge in [-0.05, 0) is 34.1 Å². The molecule has 0 saturated heterocycles. The van der Waals surface area contributed by atoms with Crippen LogP contribution in [-0.2, 0) is 30.5 Å². The molecule has 0 bridgehead atoms. The molecule has 6 heteroatoms. The lowest BCUT2D eigenvalue weighted by atomic mass is 9.65. The number of ketones is 2. The normalized spacial score (nSPS) is 20.4. The van der Waals surface area contributed by atoms with Crippen LogP contribution in [0.25, 0.3) is 0 Å². The lowest BCUT2D eigenvalue weighted by Gasteiger charge is -2.42. The molecule has 1 aliphatic heterocycles. The molecule has 0 atom stereocenters. The molecule has 5 rings (SSSR count). The van der Waals surface area contributed by atoms with Crippen molar-refractivity contribution in [2.75, 3.05) is 6.61 Å². The number of rotatable bonds is 6. The molecule has 0 amide bonds. The average molecular weight is 515 g/mol. The second kappa shape index (κ2) is 9.90. The summed E-state index contributed by atoms with van der Waals surface area (Å²) in [6.07, 6.45) is 2.14. The molecule has 2 aromatic carbocycles. The molecule has 198 valence electrons. The third-order valence-corrected chi connectivity index (χ3v) is 7.39. The number of ether oxygens (including phenoxy) is 3. The Morgan fingerprint density at radius 3 is 1.92 bits per heavy atom. The van der Waals surface area contributed by atoms with Gasteiger partial charge in [0.05, 0.1) is 0 Å². The summed E-state index contributed by atoms with van der Waals surface area (Å²) in [5, 5.41) is 0. The van der Waals surface area contributed by atoms with Gasteiger partial charge in [-0.15, -0.1) is 0 Å². The van der Waals surface area contributed by atoms with Gasteiger partial charge < -0.3 is 14.2 Å². The summed E-state index contributed by atoms with van der Waals surface area (Å²) in [6.45, 7) is 8.27. The Morgan fingerprint density at radius 2 is 1.37 bits per heavy atom. The summed E-state index contributed by atoms with van der Waals surface area (Å²) in [5.41, 5.74) is 2.57. The van der Waals surface area contributed by atoms with Crippen LogP contribution in [0, 0.1) is 10.8 Å². The van der Waals surface area contributed by atoms with Gasteiger partial charge in [-0.3, -0.25) is 9.59 Å². The molecule has 2 aliphatic carbocycles. The molecule has 0 fully saturated rings. The average Bonchev–Trinajstić information content (AvgIpc) is 2.84. The van der Waals surface area contributed by atoms with Crippen molar-refractivity contribution in [1.29, 1.82) is 0 Å². The Kier molecular flexibility index (Phi) is 6.76. The molecule has 3 aliphatic rings. The van der Waals surface area contributed by atoms with Crippen LogP contribution in [0.2, 0.25) is 0 Å². The summed E-state index contributed by atoms with van der Waals surface area (Å²) in [6, 6.07) is 16.7. The van der Waals surface area contributed by atoms with Gasteiger partial charge >= 0.3 is 5.97 Å². The van der Waals surface area contributed by atoms with Crippen LogP contribution < -0.4 is 4.74 Å². The molecular formula is C32H34O6. The summed E-state index contributed by atoms with van der Waals surface area (Å²) in [5.74, 6) is 1.06. The fourth-order valence-corrected chi connectivity index (χ4v) is 5.69. The first-order chi connectivity index (χ1) is 18.0. The number of Topliss-reactive ketones (excluding diaryl/α,β-unsaturated/α-hetero) is 2. The highest BCUT2D eigenvalue weighted by atomic mass is 16.6. The summed E-state index contributed by atoms with van der Waals surface area (Å²) in [7, 11) is 0. The van der Waals surface area contributed by atoms with E-state index in [9.17, 15) is 14.4 Å². The van der Waals surface area contributed by atoms with Crippen LogP contribution in [-0.4, -0.2) is 24.1 Å². The number of allylic oxidation sites excluding steroid dienone is 4. The smallest absolute Gasteiger partial charge is 0.344 e. The van der Waals surface area contributed by atoms with Crippen molar-refractivity contribution in [3.63, 3.8) is 0 Å². The van der Waals surface area contributed by atoms with Gasteiger partial charge in [-0.2, -0.15) is 0 Å². The van der Waals surface area contributed by atoms with E-state index in [4.69, 9.17) is 14.2 Å². The molecule has 0 unspecified atom stereocenters. The van der Waals surface area contributed by atoms with E-state index in [2.05, 4.69) is 27.7 Å². The van der Waals surface area contributed by atoms with Gasteiger partial charge in [-0.1, -0.05) is 70.2 Å². The van der Waals surface area contributed by atoms with Gasteiger partial charge in [0.2, 0.25) is 0 Å². The Hall–Kier alpha value is -3.67. The van der Waals surface area contributed by atoms with Gasteiger partial charge in [-0.25, -0.2) is 4.79 Å². The largest absolute Gasteiger partial charge is 0.482 e. The molecule has 0 N–H and O–H groups in total. The number of carbonyl (C=O) groups is 3. The molecule has 6 nitrogen and oxygen atoms in total. The molecular weight excluding hydrogens is 480 g/mol. The SMILES string of the molecule is CC1(C)CC(=O)C2=C(C1)OC1=C(C(=O)CC(C)(C)C1)C2c1ccc(OCC(=O)OCc2ccccc2)cc1. The topological polar surface area (TPSA) is 78.9 Å². The van der Waals surface area contributed by atoms with E-state index >= 15 is 0 Å². The fraction of sp³-hybridized carbons (Fsp3) is 0.406. The molecule has 1 heterocycles. The zero-order valence-corrected chi connectivity index (χ0v) is 22.5. The van der Waals surface area contributed by atoms with E-state index in [0.717, 1.165) is 11.1 Å². The van der Waals surface area contributed by atoms with Crippen LogP contribution in [0.1, 0.15) is 70.4 Å². The monoisotopic (exact) mass is 514 g/mol. The van der Waals surface area contributed by atoms with Crippen molar-refractivity contribution in [3.05, 3.63) is 88.4 Å². The minimum absolute atomic E-state index is 0.0342. The second-order valence-electron chi connectivity index (χ2n) is 12.1. The lowest BCUT2D eigenvalue weighted by Crippen LogP contribution is -2.37. The minimum Gasteiger partial charge on any atom is -0.482 e. The summed E-state index contributed by atoms with van der Waals surface area (Å²) in [4.78, 5) is 38.9. The predicted octanol–water partition coefficient (Wildman–Crippen LogP) is 6.21. The summed E-state index contributed by atoms with van der Waals surface area (Å²) >= 11 is 0. The van der Waals surface area contributed by atoms with Crippen molar-refractivity contribution in [2.45, 2.75) is 65.9 Å². The number of esters is 1. The van der Waals surface area contributed by atoms with Crippen LogP contribution in [0.3, 0.4) is 0 Å². The first-order valence-corrected chi connectivity index (χ1v) is 13.1. The number of hydrogen-bond acceptors (Lipinski definition) is 6. The number of carbonyl (C=O) groups excluding carboxylic acids is 3. The third kappa shape index (κ3) is 5.45. The zero-order valence-electron chi connectivity index (χ0n) is 22.5. The van der Waals surface area contributed by atoms with Crippen molar-refractivity contribution in [1.82, 2.24) is 0 Å². The highest BCUT2D eigenvalue weighted by molar-refractivity contribution is 6.06. The summed E-state index contributed by atoms with van der Waals surface area (Å²) < 4.78 is 17.3. The Balaban J connectivity index is 1.36. The van der Waals surface area contributed by atoms with Crippen LogP contribution >= 0.6 is 0 Å². The van der Waals surface area contributed by atoms with E-state index in [1.807, 2.05) is 42.5 Å². The standard InChI is InChI=1S/C32H34O6/c1-31(2)14-23(33)29-25(16-31)38-26-17-32(3,4)15-24(34)30(26)28(29)21-10-12-22(13-11-21)36-19-27(35)37-18-20-8-6-5-7-9-20/h5-13,28H,14-19H2,1-4H3. The Bertz CT molecular complexity index is 1280. The van der Waals surface area contributed by atoms with Crippen LogP contribution in [0.15, 0.2) is 77.3 Å². The highest BCUT2D eigenvalue weighted by Gasteiger charge is 2.47. The lowest BCUT2D eigenvalue weighted by molar-refractivity contribution is -0.147. The van der Waals surface area contributed by atoms with Gasteiger partial charge in [0, 0.05) is 42.7 Å². The number of benzene rings is 2. The van der Waals surface area contributed by atoms with E-state index in [1.54, 1.807) is 12.1 Å². The minimum atomic E-state index is -0.460. The quantitative estimate of drug-likeness (QED) is 0.427. The molecule has 2 aromatic rings. The van der Waals surface area contributed by atoms with Crippen LogP contribution in [0.4, 0.5) is 0 Å².